The van der Waals surface area contributed by atoms with E-state index >= 15 is 0 Å². The lowest BCUT2D eigenvalue weighted by Gasteiger charge is -2.21. The lowest BCUT2D eigenvalue weighted by Crippen LogP contribution is -2.41. The minimum atomic E-state index is -0.854. The van der Waals surface area contributed by atoms with Crippen LogP contribution < -0.4 is 5.32 Å². The third kappa shape index (κ3) is 5.61. The fourth-order valence-corrected chi connectivity index (χ4v) is 2.10. The first-order chi connectivity index (χ1) is 9.40. The molecule has 110 valence electrons. The Morgan fingerprint density at radius 1 is 1.40 bits per heavy atom. The second-order valence-corrected chi connectivity index (χ2v) is 5.58. The summed E-state index contributed by atoms with van der Waals surface area (Å²) in [5.41, 5.74) is 1.02. The van der Waals surface area contributed by atoms with Crippen molar-refractivity contribution in [2.75, 3.05) is 7.05 Å². The van der Waals surface area contributed by atoms with Crippen LogP contribution in [0.2, 0.25) is 0 Å². The van der Waals surface area contributed by atoms with E-state index in [1.54, 1.807) is 18.9 Å². The molecule has 0 bridgehead atoms. The first-order valence-electron chi connectivity index (χ1n) is 6.37. The van der Waals surface area contributed by atoms with Crippen molar-refractivity contribution in [3.05, 3.63) is 34.3 Å². The van der Waals surface area contributed by atoms with Gasteiger partial charge in [0.2, 0.25) is 0 Å². The van der Waals surface area contributed by atoms with Crippen LogP contribution in [-0.2, 0) is 11.3 Å². The summed E-state index contributed by atoms with van der Waals surface area (Å²) >= 11 is 3.44. The van der Waals surface area contributed by atoms with E-state index in [2.05, 4.69) is 21.2 Å². The summed E-state index contributed by atoms with van der Waals surface area (Å²) in [7, 11) is 1.71. The Bertz CT molecular complexity index is 479. The molecule has 1 unspecified atom stereocenters. The number of carboxylic acids is 1. The maximum Gasteiger partial charge on any atom is 0.317 e. The third-order valence-electron chi connectivity index (χ3n) is 2.87. The van der Waals surface area contributed by atoms with Crippen molar-refractivity contribution in [3.63, 3.8) is 0 Å². The van der Waals surface area contributed by atoms with E-state index in [-0.39, 0.29) is 18.5 Å². The Morgan fingerprint density at radius 2 is 2.05 bits per heavy atom. The molecule has 0 aromatic heterocycles. The molecule has 20 heavy (non-hydrogen) atoms. The molecule has 5 nitrogen and oxygen atoms in total. The Hall–Kier alpha value is -1.56. The number of rotatable bonds is 6. The van der Waals surface area contributed by atoms with Crippen LogP contribution >= 0.6 is 15.9 Å². The zero-order chi connectivity index (χ0) is 15.1. The van der Waals surface area contributed by atoms with Crippen LogP contribution in [0.5, 0.6) is 0 Å². The zero-order valence-electron chi connectivity index (χ0n) is 11.6. The van der Waals surface area contributed by atoms with Crippen molar-refractivity contribution < 1.29 is 14.7 Å². The molecular formula is C14H19BrN2O3. The molecule has 1 rings (SSSR count). The van der Waals surface area contributed by atoms with Gasteiger partial charge in [0.1, 0.15) is 0 Å². The molecule has 0 radical (unpaired) electrons. The van der Waals surface area contributed by atoms with Gasteiger partial charge >= 0.3 is 12.0 Å². The van der Waals surface area contributed by atoms with E-state index in [1.807, 2.05) is 24.3 Å². The van der Waals surface area contributed by atoms with Gasteiger partial charge in [0.25, 0.3) is 0 Å². The van der Waals surface area contributed by atoms with Crippen molar-refractivity contribution in [1.82, 2.24) is 10.2 Å². The molecular weight excluding hydrogens is 324 g/mol. The van der Waals surface area contributed by atoms with Crippen LogP contribution in [0.4, 0.5) is 4.79 Å². The molecule has 0 saturated carbocycles. The SMILES string of the molecule is CC(CCC(=O)O)NC(=O)N(C)Cc1ccccc1Br. The number of nitrogens with zero attached hydrogens (tertiary/aromatic N) is 1. The summed E-state index contributed by atoms with van der Waals surface area (Å²) in [6.45, 7) is 2.28. The number of amides is 2. The van der Waals surface area contributed by atoms with Crippen LogP contribution in [0, 0.1) is 0 Å². The molecule has 6 heteroatoms. The van der Waals surface area contributed by atoms with Gasteiger partial charge in [0.05, 0.1) is 0 Å². The highest BCUT2D eigenvalue weighted by Gasteiger charge is 2.14. The van der Waals surface area contributed by atoms with E-state index in [1.165, 1.54) is 0 Å². The highest BCUT2D eigenvalue weighted by Crippen LogP contribution is 2.17. The van der Waals surface area contributed by atoms with Crippen LogP contribution in [0.25, 0.3) is 0 Å². The molecule has 0 aliphatic heterocycles. The van der Waals surface area contributed by atoms with Crippen LogP contribution in [0.15, 0.2) is 28.7 Å². The molecule has 0 aliphatic rings. The second-order valence-electron chi connectivity index (χ2n) is 4.73. The molecule has 0 aliphatic carbocycles. The van der Waals surface area contributed by atoms with Gasteiger partial charge in [0.15, 0.2) is 0 Å². The number of aliphatic carboxylic acids is 1. The van der Waals surface area contributed by atoms with Crippen molar-refractivity contribution >= 4 is 27.9 Å². The molecule has 1 atom stereocenters. The number of halogens is 1. The predicted molar refractivity (Wildman–Crippen MR) is 80.5 cm³/mol. The zero-order valence-corrected chi connectivity index (χ0v) is 13.2. The summed E-state index contributed by atoms with van der Waals surface area (Å²) < 4.78 is 0.957. The van der Waals surface area contributed by atoms with Crippen LogP contribution in [0.1, 0.15) is 25.3 Å². The summed E-state index contributed by atoms with van der Waals surface area (Å²) in [5.74, 6) is -0.854. The Morgan fingerprint density at radius 3 is 2.65 bits per heavy atom. The molecule has 1 aromatic rings. The largest absolute Gasteiger partial charge is 0.481 e. The van der Waals surface area contributed by atoms with Gasteiger partial charge in [-0.15, -0.1) is 0 Å². The standard InChI is InChI=1S/C14H19BrN2O3/c1-10(7-8-13(18)19)16-14(20)17(2)9-11-5-3-4-6-12(11)15/h3-6,10H,7-9H2,1-2H3,(H,16,20)(H,18,19). The molecule has 1 aromatic carbocycles. The van der Waals surface area contributed by atoms with Gasteiger partial charge in [-0.25, -0.2) is 4.79 Å². The summed E-state index contributed by atoms with van der Waals surface area (Å²) in [4.78, 5) is 24.0. The molecule has 2 amide bonds. The fraction of sp³-hybridized carbons (Fsp3) is 0.429. The highest BCUT2D eigenvalue weighted by atomic mass is 79.9. The third-order valence-corrected chi connectivity index (χ3v) is 3.65. The second kappa shape index (κ2) is 7.89. The lowest BCUT2D eigenvalue weighted by atomic mass is 10.2. The van der Waals surface area contributed by atoms with E-state index in [4.69, 9.17) is 5.11 Å². The van der Waals surface area contributed by atoms with Crippen molar-refractivity contribution in [1.29, 1.82) is 0 Å². The first-order valence-corrected chi connectivity index (χ1v) is 7.16. The van der Waals surface area contributed by atoms with Crippen LogP contribution in [0.3, 0.4) is 0 Å². The summed E-state index contributed by atoms with van der Waals surface area (Å²) in [6, 6.07) is 7.33. The fourth-order valence-electron chi connectivity index (χ4n) is 1.69. The Labute approximate surface area is 127 Å². The van der Waals surface area contributed by atoms with E-state index < -0.39 is 5.97 Å². The Balaban J connectivity index is 2.47. The monoisotopic (exact) mass is 342 g/mol. The molecule has 0 fully saturated rings. The minimum Gasteiger partial charge on any atom is -0.481 e. The number of hydrogen-bond donors (Lipinski definition) is 2. The van der Waals surface area contributed by atoms with E-state index in [0.29, 0.717) is 13.0 Å². The van der Waals surface area contributed by atoms with Gasteiger partial charge in [-0.2, -0.15) is 0 Å². The maximum atomic E-state index is 12.0. The van der Waals surface area contributed by atoms with E-state index in [9.17, 15) is 9.59 Å². The normalized spacial score (nSPS) is 11.8. The maximum absolute atomic E-state index is 12.0. The molecule has 0 spiro atoms. The minimum absolute atomic E-state index is 0.0510. The molecule has 0 heterocycles. The number of hydrogen-bond acceptors (Lipinski definition) is 2. The van der Waals surface area contributed by atoms with Crippen molar-refractivity contribution in [3.8, 4) is 0 Å². The lowest BCUT2D eigenvalue weighted by molar-refractivity contribution is -0.137. The smallest absolute Gasteiger partial charge is 0.317 e. The molecule has 0 saturated heterocycles. The van der Waals surface area contributed by atoms with Crippen LogP contribution in [-0.4, -0.2) is 35.1 Å². The quantitative estimate of drug-likeness (QED) is 0.835. The van der Waals surface area contributed by atoms with Gasteiger partial charge in [-0.1, -0.05) is 34.1 Å². The topological polar surface area (TPSA) is 69.6 Å². The van der Waals surface area contributed by atoms with Crippen molar-refractivity contribution in [2.45, 2.75) is 32.4 Å². The summed E-state index contributed by atoms with van der Waals surface area (Å²) in [6.07, 6.45) is 0.472. The number of carboxylic acid groups (broad SMARTS) is 1. The Kier molecular flexibility index (Phi) is 6.51. The van der Waals surface area contributed by atoms with Gasteiger partial charge < -0.3 is 15.3 Å². The number of urea groups is 1. The number of benzene rings is 1. The van der Waals surface area contributed by atoms with Gasteiger partial charge in [0, 0.05) is 30.5 Å². The number of nitrogens with one attached hydrogen (secondary N) is 1. The first kappa shape index (κ1) is 16.5. The average Bonchev–Trinajstić information content (AvgIpc) is 2.39. The highest BCUT2D eigenvalue weighted by molar-refractivity contribution is 9.10. The average molecular weight is 343 g/mol. The van der Waals surface area contributed by atoms with Crippen molar-refractivity contribution in [2.24, 2.45) is 0 Å². The predicted octanol–water partition coefficient (Wildman–Crippen LogP) is 2.84. The molecule has 2 N–H and O–H groups in total. The van der Waals surface area contributed by atoms with Gasteiger partial charge in [-0.3, -0.25) is 4.79 Å². The number of carbonyl (C=O) groups is 2. The number of carbonyl (C=O) groups excluding carboxylic acids is 1. The van der Waals surface area contributed by atoms with Gasteiger partial charge in [-0.05, 0) is 25.0 Å². The summed E-state index contributed by atoms with van der Waals surface area (Å²) in [5, 5.41) is 11.4. The van der Waals surface area contributed by atoms with E-state index in [0.717, 1.165) is 10.0 Å².